The third-order valence-electron chi connectivity index (χ3n) is 2.57. The van der Waals surface area contributed by atoms with E-state index in [0.717, 1.165) is 10.0 Å². The summed E-state index contributed by atoms with van der Waals surface area (Å²) in [6, 6.07) is 6.92. The number of rotatable bonds is 3. The lowest BCUT2D eigenvalue weighted by Crippen LogP contribution is -2.11. The molecule has 2 rings (SSSR count). The second-order valence-corrected chi connectivity index (χ2v) is 6.10. The summed E-state index contributed by atoms with van der Waals surface area (Å²) in [6.07, 6.45) is 3.50. The molecule has 6 heteroatoms. The van der Waals surface area contributed by atoms with E-state index in [-0.39, 0.29) is 0 Å². The molecule has 0 fully saturated rings. The molecule has 0 N–H and O–H groups in total. The zero-order chi connectivity index (χ0) is 14.7. The molecule has 0 spiro atoms. The Labute approximate surface area is 134 Å². The molecule has 0 aliphatic rings. The predicted molar refractivity (Wildman–Crippen MR) is 84.9 cm³/mol. The van der Waals surface area contributed by atoms with Crippen LogP contribution in [0.15, 0.2) is 40.0 Å². The number of hydrogen-bond acceptors (Lipinski definition) is 4. The van der Waals surface area contributed by atoms with Crippen LogP contribution in [0.3, 0.4) is 0 Å². The fourth-order valence-electron chi connectivity index (χ4n) is 1.67. The minimum absolute atomic E-state index is 0.371. The maximum Gasteiger partial charge on any atom is 0.346 e. The number of thioether (sulfide) groups is 1. The van der Waals surface area contributed by atoms with Crippen molar-refractivity contribution in [1.29, 1.82) is 0 Å². The van der Waals surface area contributed by atoms with Gasteiger partial charge in [-0.25, -0.2) is 9.78 Å². The monoisotopic (exact) mass is 371 g/mol. The molecule has 0 aliphatic heterocycles. The Morgan fingerprint density at radius 1 is 1.45 bits per heavy atom. The Bertz CT molecular complexity index is 640. The highest BCUT2D eigenvalue weighted by Gasteiger charge is 2.17. The number of pyridine rings is 1. The van der Waals surface area contributed by atoms with Gasteiger partial charge in [-0.2, -0.15) is 0 Å². The molecule has 1 aromatic heterocycles. The van der Waals surface area contributed by atoms with Crippen LogP contribution in [0.2, 0.25) is 5.02 Å². The smallest absolute Gasteiger partial charge is 0.346 e. The van der Waals surface area contributed by atoms with Gasteiger partial charge in [-0.05, 0) is 43.0 Å². The number of esters is 1. The highest BCUT2D eigenvalue weighted by molar-refractivity contribution is 9.10. The molecule has 0 amide bonds. The molecule has 0 unspecified atom stereocenters. The van der Waals surface area contributed by atoms with Gasteiger partial charge in [0.15, 0.2) is 5.75 Å². The normalized spacial score (nSPS) is 10.4. The van der Waals surface area contributed by atoms with Crippen LogP contribution in [0, 0.1) is 6.92 Å². The Morgan fingerprint density at radius 2 is 2.20 bits per heavy atom. The molecule has 0 atom stereocenters. The molecule has 104 valence electrons. The Balaban J connectivity index is 2.33. The number of carbonyl (C=O) groups excluding carboxylic acids is 1. The lowest BCUT2D eigenvalue weighted by molar-refractivity contribution is 0.0729. The average Bonchev–Trinajstić information content (AvgIpc) is 2.42. The van der Waals surface area contributed by atoms with E-state index in [2.05, 4.69) is 20.9 Å². The molecule has 1 heterocycles. The van der Waals surface area contributed by atoms with Crippen LogP contribution in [0.5, 0.6) is 5.75 Å². The van der Waals surface area contributed by atoms with Crippen molar-refractivity contribution in [2.45, 2.75) is 11.9 Å². The molecular weight excluding hydrogens is 362 g/mol. The van der Waals surface area contributed by atoms with Crippen LogP contribution >= 0.6 is 39.3 Å². The van der Waals surface area contributed by atoms with Crippen LogP contribution in [-0.2, 0) is 0 Å². The molecule has 0 bridgehead atoms. The third-order valence-corrected chi connectivity index (χ3v) is 4.02. The summed E-state index contributed by atoms with van der Waals surface area (Å²) in [5.74, 6) is -0.0921. The van der Waals surface area contributed by atoms with Crippen molar-refractivity contribution in [3.63, 3.8) is 0 Å². The number of nitrogens with zero attached hydrogens (tertiary/aromatic N) is 1. The van der Waals surface area contributed by atoms with E-state index in [4.69, 9.17) is 16.3 Å². The van der Waals surface area contributed by atoms with E-state index < -0.39 is 5.97 Å². The van der Waals surface area contributed by atoms with Gasteiger partial charge in [0.2, 0.25) is 0 Å². The molecule has 0 saturated carbocycles. The fourth-order valence-corrected chi connectivity index (χ4v) is 3.22. The van der Waals surface area contributed by atoms with Gasteiger partial charge < -0.3 is 4.74 Å². The van der Waals surface area contributed by atoms with Gasteiger partial charge in [0.05, 0.1) is 10.6 Å². The second-order valence-electron chi connectivity index (χ2n) is 3.98. The summed E-state index contributed by atoms with van der Waals surface area (Å²) in [7, 11) is 0. The van der Waals surface area contributed by atoms with Crippen LogP contribution in [-0.4, -0.2) is 17.2 Å². The quantitative estimate of drug-likeness (QED) is 0.443. The van der Waals surface area contributed by atoms with Crippen molar-refractivity contribution in [3.05, 3.63) is 51.1 Å². The highest BCUT2D eigenvalue weighted by atomic mass is 79.9. The largest absolute Gasteiger partial charge is 0.421 e. The number of hydrogen-bond donors (Lipinski definition) is 0. The highest BCUT2D eigenvalue weighted by Crippen LogP contribution is 2.33. The van der Waals surface area contributed by atoms with Gasteiger partial charge in [0.25, 0.3) is 0 Å². The van der Waals surface area contributed by atoms with Crippen LogP contribution in [0.4, 0.5) is 0 Å². The number of benzene rings is 1. The Morgan fingerprint density at radius 3 is 2.85 bits per heavy atom. The van der Waals surface area contributed by atoms with E-state index in [1.807, 2.05) is 19.2 Å². The van der Waals surface area contributed by atoms with Crippen LogP contribution < -0.4 is 4.74 Å². The number of aryl methyl sites for hydroxylation is 1. The fraction of sp³-hybridized carbons (Fsp3) is 0.143. The summed E-state index contributed by atoms with van der Waals surface area (Å²) in [5.41, 5.74) is 1.21. The van der Waals surface area contributed by atoms with E-state index in [1.54, 1.807) is 24.4 Å². The Kier molecular flexibility index (Phi) is 5.07. The summed E-state index contributed by atoms with van der Waals surface area (Å²) in [4.78, 5) is 16.4. The minimum atomic E-state index is -0.463. The van der Waals surface area contributed by atoms with Crippen molar-refractivity contribution >= 4 is 45.3 Å². The number of ether oxygens (including phenoxy) is 1. The minimum Gasteiger partial charge on any atom is -0.421 e. The van der Waals surface area contributed by atoms with Crippen LogP contribution in [0.25, 0.3) is 0 Å². The topological polar surface area (TPSA) is 39.2 Å². The average molecular weight is 373 g/mol. The first-order chi connectivity index (χ1) is 9.52. The summed E-state index contributed by atoms with van der Waals surface area (Å²) < 4.78 is 6.25. The lowest BCUT2D eigenvalue weighted by atomic mass is 10.2. The van der Waals surface area contributed by atoms with Crippen molar-refractivity contribution in [3.8, 4) is 5.75 Å². The molecule has 1 aromatic carbocycles. The van der Waals surface area contributed by atoms with Crippen molar-refractivity contribution in [1.82, 2.24) is 4.98 Å². The molecule has 20 heavy (non-hydrogen) atoms. The van der Waals surface area contributed by atoms with Crippen LogP contribution in [0.1, 0.15) is 15.9 Å². The maximum absolute atomic E-state index is 12.2. The van der Waals surface area contributed by atoms with Gasteiger partial charge >= 0.3 is 5.97 Å². The Hall–Kier alpha value is -1.04. The number of carbonyl (C=O) groups is 1. The molecule has 3 nitrogen and oxygen atoms in total. The van der Waals surface area contributed by atoms with Gasteiger partial charge in [0.1, 0.15) is 5.03 Å². The maximum atomic E-state index is 12.2. The molecule has 0 saturated heterocycles. The summed E-state index contributed by atoms with van der Waals surface area (Å²) in [5, 5.41) is 1.02. The number of aromatic nitrogens is 1. The van der Waals surface area contributed by atoms with Gasteiger partial charge in [-0.3, -0.25) is 0 Å². The molecule has 0 aliphatic carbocycles. The van der Waals surface area contributed by atoms with E-state index in [9.17, 15) is 4.79 Å². The first-order valence-electron chi connectivity index (χ1n) is 5.69. The summed E-state index contributed by atoms with van der Waals surface area (Å²) >= 11 is 10.8. The predicted octanol–water partition coefficient (Wildman–Crippen LogP) is 4.75. The molecule has 2 aromatic rings. The van der Waals surface area contributed by atoms with E-state index >= 15 is 0 Å². The molecular formula is C14H11BrClNO2S. The molecule has 0 radical (unpaired) electrons. The first-order valence-corrected chi connectivity index (χ1v) is 8.09. The van der Waals surface area contributed by atoms with E-state index in [1.165, 1.54) is 11.8 Å². The van der Waals surface area contributed by atoms with Crippen molar-refractivity contribution < 1.29 is 9.53 Å². The zero-order valence-electron chi connectivity index (χ0n) is 10.8. The van der Waals surface area contributed by atoms with E-state index in [0.29, 0.717) is 21.4 Å². The standard InChI is InChI=1S/C14H11BrClNO2S/c1-8-6-9(15)7-11(16)12(8)19-14(18)10-4-3-5-17-13(10)20-2/h3-7H,1-2H3. The van der Waals surface area contributed by atoms with Gasteiger partial charge in [-0.1, -0.05) is 27.5 Å². The SMILES string of the molecule is CSc1ncccc1C(=O)Oc1c(C)cc(Br)cc1Cl. The zero-order valence-corrected chi connectivity index (χ0v) is 14.0. The lowest BCUT2D eigenvalue weighted by Gasteiger charge is -2.11. The number of halogens is 2. The van der Waals surface area contributed by atoms with Crippen molar-refractivity contribution in [2.24, 2.45) is 0 Å². The second kappa shape index (κ2) is 6.61. The summed E-state index contributed by atoms with van der Waals surface area (Å²) in [6.45, 7) is 1.83. The van der Waals surface area contributed by atoms with Gasteiger partial charge in [-0.15, -0.1) is 11.8 Å². The third kappa shape index (κ3) is 3.34. The van der Waals surface area contributed by atoms with Crippen molar-refractivity contribution in [2.75, 3.05) is 6.26 Å². The first kappa shape index (κ1) is 15.4. The van der Waals surface area contributed by atoms with Gasteiger partial charge in [0, 0.05) is 10.7 Å².